The first-order valence-corrected chi connectivity index (χ1v) is 6.80. The Hall–Kier alpha value is -1.06. The molecule has 0 spiro atoms. The summed E-state index contributed by atoms with van der Waals surface area (Å²) in [5, 5.41) is 10.0. The lowest BCUT2D eigenvalue weighted by Gasteiger charge is -2.27. The highest BCUT2D eigenvalue weighted by molar-refractivity contribution is 5.39. The van der Waals surface area contributed by atoms with Gasteiger partial charge in [0.05, 0.1) is 12.7 Å². The van der Waals surface area contributed by atoms with Gasteiger partial charge in [0.25, 0.3) is 0 Å². The molecule has 1 aliphatic carbocycles. The van der Waals surface area contributed by atoms with Crippen molar-refractivity contribution in [2.75, 3.05) is 12.3 Å². The van der Waals surface area contributed by atoms with Crippen molar-refractivity contribution in [2.45, 2.75) is 44.8 Å². The molecule has 0 heterocycles. The number of nitrogen functional groups attached to an aromatic ring is 1. The van der Waals surface area contributed by atoms with Gasteiger partial charge in [-0.3, -0.25) is 0 Å². The van der Waals surface area contributed by atoms with E-state index in [1.165, 1.54) is 12.8 Å². The van der Waals surface area contributed by atoms with Crippen molar-refractivity contribution in [1.82, 2.24) is 0 Å². The summed E-state index contributed by atoms with van der Waals surface area (Å²) in [7, 11) is 0. The minimum Gasteiger partial charge on any atom is -0.399 e. The van der Waals surface area contributed by atoms with Gasteiger partial charge in [-0.2, -0.15) is 0 Å². The van der Waals surface area contributed by atoms with E-state index in [0.29, 0.717) is 18.4 Å². The van der Waals surface area contributed by atoms with Crippen molar-refractivity contribution >= 4 is 5.69 Å². The Morgan fingerprint density at radius 3 is 2.44 bits per heavy atom. The zero-order valence-corrected chi connectivity index (χ0v) is 11.0. The van der Waals surface area contributed by atoms with Crippen LogP contribution in [0.1, 0.15) is 44.3 Å². The number of benzene rings is 1. The van der Waals surface area contributed by atoms with Gasteiger partial charge in [-0.25, -0.2) is 0 Å². The third-order valence-corrected chi connectivity index (χ3v) is 3.77. The van der Waals surface area contributed by atoms with Crippen LogP contribution in [-0.4, -0.2) is 17.8 Å². The second-order valence-corrected chi connectivity index (χ2v) is 5.40. The number of hydrogen-bond acceptors (Lipinski definition) is 3. The Bertz CT molecular complexity index is 355. The molecule has 1 fully saturated rings. The molecule has 0 aromatic heterocycles. The molecule has 0 bridgehead atoms. The fourth-order valence-corrected chi connectivity index (χ4v) is 2.44. The number of aliphatic hydroxyl groups is 1. The molecule has 1 aliphatic rings. The number of rotatable bonds is 4. The van der Waals surface area contributed by atoms with Crippen LogP contribution >= 0.6 is 0 Å². The van der Waals surface area contributed by atoms with Crippen molar-refractivity contribution in [3.05, 3.63) is 29.8 Å². The Balaban J connectivity index is 1.77. The molecule has 1 aromatic rings. The third kappa shape index (κ3) is 3.72. The largest absolute Gasteiger partial charge is 0.399 e. The van der Waals surface area contributed by atoms with Crippen LogP contribution in [0.15, 0.2) is 24.3 Å². The van der Waals surface area contributed by atoms with Gasteiger partial charge in [0.15, 0.2) is 0 Å². The summed E-state index contributed by atoms with van der Waals surface area (Å²) in [6, 6.07) is 7.32. The minimum absolute atomic E-state index is 0.324. The van der Waals surface area contributed by atoms with Crippen LogP contribution in [0.3, 0.4) is 0 Å². The lowest BCUT2D eigenvalue weighted by atomic mass is 9.89. The normalized spacial score (nSPS) is 25.9. The number of ether oxygens (including phenoxy) is 1. The minimum atomic E-state index is -0.551. The Labute approximate surface area is 109 Å². The van der Waals surface area contributed by atoms with E-state index in [2.05, 4.69) is 6.92 Å². The molecule has 2 rings (SSSR count). The average molecular weight is 249 g/mol. The Morgan fingerprint density at radius 1 is 1.22 bits per heavy atom. The predicted octanol–water partition coefficient (Wildman–Crippen LogP) is 2.90. The van der Waals surface area contributed by atoms with E-state index in [1.54, 1.807) is 12.1 Å². The first-order chi connectivity index (χ1) is 8.65. The van der Waals surface area contributed by atoms with E-state index in [0.717, 1.165) is 24.3 Å². The fourth-order valence-electron chi connectivity index (χ4n) is 2.44. The number of aliphatic hydroxyl groups excluding tert-OH is 1. The molecule has 3 nitrogen and oxygen atoms in total. The Kier molecular flexibility index (Phi) is 4.61. The molecular formula is C15H23NO2. The van der Waals surface area contributed by atoms with Gasteiger partial charge in [0.2, 0.25) is 0 Å². The van der Waals surface area contributed by atoms with Crippen LogP contribution in [0.2, 0.25) is 0 Å². The summed E-state index contributed by atoms with van der Waals surface area (Å²) in [5.41, 5.74) is 7.20. The Morgan fingerprint density at radius 2 is 1.83 bits per heavy atom. The van der Waals surface area contributed by atoms with E-state index >= 15 is 0 Å². The van der Waals surface area contributed by atoms with E-state index in [9.17, 15) is 5.11 Å². The first-order valence-electron chi connectivity index (χ1n) is 6.80. The molecule has 1 saturated carbocycles. The van der Waals surface area contributed by atoms with Crippen molar-refractivity contribution in [3.63, 3.8) is 0 Å². The summed E-state index contributed by atoms with van der Waals surface area (Å²) < 4.78 is 5.80. The summed E-state index contributed by atoms with van der Waals surface area (Å²) in [6.07, 6.45) is 4.49. The topological polar surface area (TPSA) is 55.5 Å². The summed E-state index contributed by atoms with van der Waals surface area (Å²) in [4.78, 5) is 0. The van der Waals surface area contributed by atoms with E-state index in [1.807, 2.05) is 12.1 Å². The lowest BCUT2D eigenvalue weighted by Crippen LogP contribution is -2.22. The summed E-state index contributed by atoms with van der Waals surface area (Å²) >= 11 is 0. The van der Waals surface area contributed by atoms with Gasteiger partial charge in [0, 0.05) is 5.69 Å². The molecule has 18 heavy (non-hydrogen) atoms. The quantitative estimate of drug-likeness (QED) is 0.807. The van der Waals surface area contributed by atoms with Gasteiger partial charge < -0.3 is 15.6 Å². The maximum absolute atomic E-state index is 10.0. The van der Waals surface area contributed by atoms with Crippen molar-refractivity contribution < 1.29 is 9.84 Å². The van der Waals surface area contributed by atoms with Gasteiger partial charge in [-0.1, -0.05) is 19.1 Å². The van der Waals surface area contributed by atoms with Gasteiger partial charge >= 0.3 is 0 Å². The van der Waals surface area contributed by atoms with Crippen molar-refractivity contribution in [1.29, 1.82) is 0 Å². The molecule has 100 valence electrons. The molecule has 0 radical (unpaired) electrons. The van der Waals surface area contributed by atoms with Crippen molar-refractivity contribution in [3.8, 4) is 0 Å². The monoisotopic (exact) mass is 249 g/mol. The highest BCUT2D eigenvalue weighted by Crippen LogP contribution is 2.26. The summed E-state index contributed by atoms with van der Waals surface area (Å²) in [5.74, 6) is 0.826. The highest BCUT2D eigenvalue weighted by Gasteiger charge is 2.19. The maximum Gasteiger partial charge on any atom is 0.102 e. The zero-order chi connectivity index (χ0) is 13.0. The van der Waals surface area contributed by atoms with Gasteiger partial charge in [0.1, 0.15) is 6.10 Å². The van der Waals surface area contributed by atoms with Gasteiger partial charge in [-0.15, -0.1) is 0 Å². The predicted molar refractivity (Wildman–Crippen MR) is 73.2 cm³/mol. The third-order valence-electron chi connectivity index (χ3n) is 3.77. The standard InChI is InChI=1S/C15H23NO2/c1-11-2-8-14(9-3-11)18-10-15(17)12-4-6-13(16)7-5-12/h4-7,11,14-15,17H,2-3,8-10,16H2,1H3. The van der Waals surface area contributed by atoms with E-state index in [-0.39, 0.29) is 0 Å². The van der Waals surface area contributed by atoms with Crippen LogP contribution < -0.4 is 5.73 Å². The zero-order valence-electron chi connectivity index (χ0n) is 11.0. The fraction of sp³-hybridized carbons (Fsp3) is 0.600. The first kappa shape index (κ1) is 13.4. The number of nitrogens with two attached hydrogens (primary N) is 1. The van der Waals surface area contributed by atoms with Crippen LogP contribution in [0.5, 0.6) is 0 Å². The van der Waals surface area contributed by atoms with Crippen LogP contribution in [0, 0.1) is 5.92 Å². The molecule has 0 amide bonds. The maximum atomic E-state index is 10.0. The second kappa shape index (κ2) is 6.21. The average Bonchev–Trinajstić information content (AvgIpc) is 2.38. The molecule has 0 aliphatic heterocycles. The van der Waals surface area contributed by atoms with E-state index in [4.69, 9.17) is 10.5 Å². The van der Waals surface area contributed by atoms with Gasteiger partial charge in [-0.05, 0) is 49.3 Å². The molecule has 1 aromatic carbocycles. The second-order valence-electron chi connectivity index (χ2n) is 5.40. The molecule has 3 heteroatoms. The van der Waals surface area contributed by atoms with E-state index < -0.39 is 6.10 Å². The summed E-state index contributed by atoms with van der Waals surface area (Å²) in [6.45, 7) is 2.67. The molecule has 3 N–H and O–H groups in total. The SMILES string of the molecule is CC1CCC(OCC(O)c2ccc(N)cc2)CC1. The molecule has 1 unspecified atom stereocenters. The molecule has 1 atom stereocenters. The van der Waals surface area contributed by atoms with Crippen LogP contribution in [0.25, 0.3) is 0 Å². The number of hydrogen-bond donors (Lipinski definition) is 2. The van der Waals surface area contributed by atoms with Crippen molar-refractivity contribution in [2.24, 2.45) is 5.92 Å². The van der Waals surface area contributed by atoms with Crippen LogP contribution in [-0.2, 0) is 4.74 Å². The smallest absolute Gasteiger partial charge is 0.102 e. The highest BCUT2D eigenvalue weighted by atomic mass is 16.5. The molecule has 0 saturated heterocycles. The van der Waals surface area contributed by atoms with Crippen LogP contribution in [0.4, 0.5) is 5.69 Å². The molecular weight excluding hydrogens is 226 g/mol. The lowest BCUT2D eigenvalue weighted by molar-refractivity contribution is -0.0294. The number of anilines is 1.